The predicted molar refractivity (Wildman–Crippen MR) is 158 cm³/mol. The molecule has 1 N–H and O–H groups in total. The summed E-state index contributed by atoms with van der Waals surface area (Å²) in [5, 5.41) is 12.5. The van der Waals surface area contributed by atoms with Crippen molar-refractivity contribution in [3.8, 4) is 45.7 Å². The highest BCUT2D eigenvalue weighted by Crippen LogP contribution is 2.41. The highest BCUT2D eigenvalue weighted by atomic mass is 19.1. The lowest BCUT2D eigenvalue weighted by Crippen LogP contribution is -2.38. The summed E-state index contributed by atoms with van der Waals surface area (Å²) in [7, 11) is 0. The van der Waals surface area contributed by atoms with E-state index in [1.54, 1.807) is 18.3 Å². The van der Waals surface area contributed by atoms with Crippen LogP contribution in [0.1, 0.15) is 24.2 Å². The summed E-state index contributed by atoms with van der Waals surface area (Å²) in [6.07, 6.45) is 3.60. The summed E-state index contributed by atoms with van der Waals surface area (Å²) in [5.74, 6) is 1.91. The molecule has 2 aliphatic rings. The zero-order chi connectivity index (χ0) is 28.5. The fourth-order valence-corrected chi connectivity index (χ4v) is 5.77. The van der Waals surface area contributed by atoms with Gasteiger partial charge in [-0.25, -0.2) is 19.3 Å². The van der Waals surface area contributed by atoms with Crippen LogP contribution in [-0.2, 0) is 13.3 Å². The minimum atomic E-state index is -0.317. The predicted octanol–water partition coefficient (Wildman–Crippen LogP) is 6.11. The van der Waals surface area contributed by atoms with Gasteiger partial charge in [-0.05, 0) is 42.7 Å². The van der Waals surface area contributed by atoms with Gasteiger partial charge in [0.05, 0.1) is 17.0 Å². The van der Waals surface area contributed by atoms with Gasteiger partial charge >= 0.3 is 0 Å². The number of hydrogen-bond donors (Lipinski definition) is 1. The number of benzene rings is 3. The topological polar surface area (TPSA) is 91.9 Å². The van der Waals surface area contributed by atoms with Crippen LogP contribution in [0.15, 0.2) is 85.1 Å². The number of rotatable bonds is 6. The normalized spacial score (nSPS) is 14.9. The number of anilines is 1. The average Bonchev–Trinajstić information content (AvgIpc) is 3.43. The Balaban J connectivity index is 1.09. The van der Waals surface area contributed by atoms with Crippen LogP contribution in [0.4, 0.5) is 10.2 Å². The molecule has 1 fully saturated rings. The molecule has 208 valence electrons. The van der Waals surface area contributed by atoms with Crippen molar-refractivity contribution in [3.63, 3.8) is 0 Å². The van der Waals surface area contributed by atoms with E-state index < -0.39 is 0 Å². The molecule has 42 heavy (non-hydrogen) atoms. The monoisotopic (exact) mass is 557 g/mol. The Morgan fingerprint density at radius 3 is 2.55 bits per heavy atom. The van der Waals surface area contributed by atoms with Crippen molar-refractivity contribution in [1.82, 2.24) is 24.4 Å². The molecule has 2 aromatic heterocycles. The summed E-state index contributed by atoms with van der Waals surface area (Å²) in [6, 6.07) is 27.4. The molecular weight excluding hydrogens is 529 g/mol. The molecule has 0 unspecified atom stereocenters. The van der Waals surface area contributed by atoms with Crippen molar-refractivity contribution >= 4 is 5.82 Å². The van der Waals surface area contributed by atoms with Crippen molar-refractivity contribution in [2.24, 2.45) is 0 Å². The van der Waals surface area contributed by atoms with Crippen LogP contribution in [-0.4, -0.2) is 43.6 Å². The van der Waals surface area contributed by atoms with E-state index in [1.807, 2.05) is 28.8 Å². The Kier molecular flexibility index (Phi) is 6.82. The highest BCUT2D eigenvalue weighted by Gasteiger charge is 2.27. The van der Waals surface area contributed by atoms with E-state index in [2.05, 4.69) is 56.6 Å². The number of likely N-dealkylation sites (tertiary alicyclic amines) is 1. The lowest BCUT2D eigenvalue weighted by Gasteiger charge is -2.32. The number of fused-ring (bicyclic) bond motifs is 3. The number of halogens is 1. The van der Waals surface area contributed by atoms with Gasteiger partial charge in [-0.2, -0.15) is 5.26 Å². The number of hydrogen-bond acceptors (Lipinski definition) is 7. The van der Waals surface area contributed by atoms with Gasteiger partial charge in [0, 0.05) is 43.0 Å². The van der Waals surface area contributed by atoms with Crippen molar-refractivity contribution in [2.45, 2.75) is 32.2 Å². The zero-order valence-electron chi connectivity index (χ0n) is 22.9. The molecule has 9 heteroatoms. The molecule has 4 heterocycles. The smallest absolute Gasteiger partial charge is 0.234 e. The third kappa shape index (κ3) is 5.08. The van der Waals surface area contributed by atoms with Crippen LogP contribution in [0, 0.1) is 17.1 Å². The van der Waals surface area contributed by atoms with Gasteiger partial charge in [-0.15, -0.1) is 0 Å². The molecule has 3 aromatic carbocycles. The highest BCUT2D eigenvalue weighted by molar-refractivity contribution is 5.83. The minimum absolute atomic E-state index is 0.180. The maximum absolute atomic E-state index is 14.2. The van der Waals surface area contributed by atoms with Gasteiger partial charge in [0.1, 0.15) is 29.3 Å². The number of nitrogens with zero attached hydrogens (tertiary/aromatic N) is 6. The molecule has 0 spiro atoms. The minimum Gasteiger partial charge on any atom is -0.472 e. The van der Waals surface area contributed by atoms with Crippen LogP contribution >= 0.6 is 0 Å². The van der Waals surface area contributed by atoms with E-state index in [0.29, 0.717) is 35.7 Å². The second-order valence-electron chi connectivity index (χ2n) is 10.6. The first kappa shape index (κ1) is 25.9. The molecule has 5 aromatic rings. The zero-order valence-corrected chi connectivity index (χ0v) is 22.9. The van der Waals surface area contributed by atoms with Gasteiger partial charge in [-0.3, -0.25) is 9.47 Å². The molecular formula is C33H28FN7O. The summed E-state index contributed by atoms with van der Waals surface area (Å²) in [5.41, 5.74) is 5.72. The molecule has 8 nitrogen and oxygen atoms in total. The summed E-state index contributed by atoms with van der Waals surface area (Å²) in [4.78, 5) is 15.7. The largest absolute Gasteiger partial charge is 0.472 e. The van der Waals surface area contributed by atoms with E-state index >= 15 is 0 Å². The second-order valence-corrected chi connectivity index (χ2v) is 10.6. The first-order valence-corrected chi connectivity index (χ1v) is 14.0. The number of ether oxygens (including phenoxy) is 1. The fourth-order valence-electron chi connectivity index (χ4n) is 5.77. The Bertz CT molecular complexity index is 1770. The lowest BCUT2D eigenvalue weighted by molar-refractivity contribution is 0.211. The van der Waals surface area contributed by atoms with Gasteiger partial charge in [-0.1, -0.05) is 54.6 Å². The molecule has 0 saturated carbocycles. The maximum atomic E-state index is 14.2. The lowest BCUT2D eigenvalue weighted by atomic mass is 10.0. The Morgan fingerprint density at radius 2 is 1.76 bits per heavy atom. The average molecular weight is 558 g/mol. The summed E-state index contributed by atoms with van der Waals surface area (Å²) in [6.45, 7) is 3.12. The Hall–Kier alpha value is -5.07. The van der Waals surface area contributed by atoms with Crippen molar-refractivity contribution in [2.75, 3.05) is 18.4 Å². The summed E-state index contributed by atoms with van der Waals surface area (Å²) >= 11 is 0. The van der Waals surface area contributed by atoms with E-state index in [4.69, 9.17) is 15.0 Å². The summed E-state index contributed by atoms with van der Waals surface area (Å²) < 4.78 is 22.2. The van der Waals surface area contributed by atoms with Crippen molar-refractivity contribution < 1.29 is 9.13 Å². The molecule has 1 saturated heterocycles. The first-order chi connectivity index (χ1) is 20.6. The number of nitriles is 1. The molecule has 0 aliphatic carbocycles. The number of piperidine rings is 1. The second kappa shape index (κ2) is 11.1. The van der Waals surface area contributed by atoms with Crippen LogP contribution < -0.4 is 10.1 Å². The maximum Gasteiger partial charge on any atom is 0.234 e. The van der Waals surface area contributed by atoms with Gasteiger partial charge in [0.25, 0.3) is 0 Å². The van der Waals surface area contributed by atoms with E-state index in [1.165, 1.54) is 17.7 Å². The number of aromatic nitrogens is 4. The number of imidazole rings is 1. The third-order valence-corrected chi connectivity index (χ3v) is 7.88. The number of nitrogens with one attached hydrogen (secondary N) is 1. The van der Waals surface area contributed by atoms with E-state index in [9.17, 15) is 4.39 Å². The standard InChI is InChI=1S/C33H28FN7O/c34-25-10-11-28-27(18-25)33-39-31(32(41(33)21-42-28)24-4-2-1-3-5-24)23-8-6-22(7-9-23)20-40-16-13-26(14-17-40)37-29-12-15-36-30(19-35)38-29/h1-12,15,18,26H,13-14,16-17,20-21H2,(H,36,37,38). The Labute approximate surface area is 243 Å². The van der Waals surface area contributed by atoms with Gasteiger partial charge in [0.2, 0.25) is 5.82 Å². The molecule has 0 radical (unpaired) electrons. The SMILES string of the molecule is N#Cc1nccc(NC2CCN(Cc3ccc(-c4nc5n(c4-c4ccccc4)COc4ccc(F)cc4-5)cc3)CC2)n1. The van der Waals surface area contributed by atoms with Crippen LogP contribution in [0.3, 0.4) is 0 Å². The first-order valence-electron chi connectivity index (χ1n) is 14.0. The Morgan fingerprint density at radius 1 is 0.952 bits per heavy atom. The van der Waals surface area contributed by atoms with Crippen LogP contribution in [0.25, 0.3) is 33.9 Å². The van der Waals surface area contributed by atoms with E-state index in [-0.39, 0.29) is 11.6 Å². The quantitative estimate of drug-likeness (QED) is 0.269. The molecule has 0 bridgehead atoms. The molecule has 7 rings (SSSR count). The fraction of sp³-hybridized carbons (Fsp3) is 0.212. The van der Waals surface area contributed by atoms with Gasteiger partial charge in [0.15, 0.2) is 6.73 Å². The third-order valence-electron chi connectivity index (χ3n) is 7.88. The molecule has 0 atom stereocenters. The van der Waals surface area contributed by atoms with Crippen molar-refractivity contribution in [3.05, 3.63) is 102 Å². The van der Waals surface area contributed by atoms with Crippen molar-refractivity contribution in [1.29, 1.82) is 5.26 Å². The van der Waals surface area contributed by atoms with Crippen LogP contribution in [0.2, 0.25) is 0 Å². The van der Waals surface area contributed by atoms with E-state index in [0.717, 1.165) is 55.0 Å². The van der Waals surface area contributed by atoms with Gasteiger partial charge < -0.3 is 10.1 Å². The molecule has 2 aliphatic heterocycles. The van der Waals surface area contributed by atoms with Crippen LogP contribution in [0.5, 0.6) is 5.75 Å². The molecule has 0 amide bonds.